The fourth-order valence-electron chi connectivity index (χ4n) is 2.20. The summed E-state index contributed by atoms with van der Waals surface area (Å²) in [5.41, 5.74) is 4.92. The molecule has 10 heteroatoms. The van der Waals surface area contributed by atoms with Crippen molar-refractivity contribution in [2.24, 2.45) is 5.73 Å². The fraction of sp³-hybridized carbons (Fsp3) is 0.778. The number of urea groups is 2. The number of nitrogens with zero attached hydrogens (tertiary/aromatic N) is 2. The van der Waals surface area contributed by atoms with E-state index in [9.17, 15) is 24.9 Å². The summed E-state index contributed by atoms with van der Waals surface area (Å²) in [6, 6.07) is -2.24. The van der Waals surface area contributed by atoms with Crippen LogP contribution in [0.4, 0.5) is 9.59 Å². The van der Waals surface area contributed by atoms with Gasteiger partial charge in [0.1, 0.15) is 12.3 Å². The Morgan fingerprint density at radius 3 is 2.42 bits per heavy atom. The number of primary amides is 1. The molecule has 2 heterocycles. The van der Waals surface area contributed by atoms with E-state index in [2.05, 4.69) is 0 Å². The maximum Gasteiger partial charge on any atom is 0.334 e. The van der Waals surface area contributed by atoms with E-state index in [0.29, 0.717) is 4.90 Å². The van der Waals surface area contributed by atoms with Crippen LogP contribution in [0, 0.1) is 0 Å². The highest BCUT2D eigenvalue weighted by molar-refractivity contribution is 5.94. The van der Waals surface area contributed by atoms with Crippen LogP contribution in [0.15, 0.2) is 0 Å². The minimum absolute atomic E-state index is 0.0622. The molecule has 0 radical (unpaired) electrons. The first kappa shape index (κ1) is 14.0. The molecule has 0 saturated carbocycles. The Hall–Kier alpha value is -1.46. The Kier molecular flexibility index (Phi) is 3.60. The monoisotopic (exact) mass is 277 g/mol. The van der Waals surface area contributed by atoms with Gasteiger partial charge in [-0.3, -0.25) is 4.90 Å². The molecular formula is C9H15N3O7. The number of carbonyl (C=O) groups is 2. The molecule has 0 aromatic carbocycles. The molecule has 0 aliphatic carbocycles. The number of carbonyl (C=O) groups excluding carboxylic acids is 2. The predicted molar refractivity (Wildman–Crippen MR) is 57.0 cm³/mol. The lowest BCUT2D eigenvalue weighted by atomic mass is 10.2. The summed E-state index contributed by atoms with van der Waals surface area (Å²) in [6.07, 6.45) is -6.56. The maximum absolute atomic E-state index is 11.9. The van der Waals surface area contributed by atoms with E-state index in [1.165, 1.54) is 0 Å². The van der Waals surface area contributed by atoms with Crippen molar-refractivity contribution in [1.29, 1.82) is 0 Å². The van der Waals surface area contributed by atoms with E-state index in [0.717, 1.165) is 0 Å². The summed E-state index contributed by atoms with van der Waals surface area (Å²) in [7, 11) is 0. The van der Waals surface area contributed by atoms with E-state index in [1.54, 1.807) is 0 Å². The van der Waals surface area contributed by atoms with Gasteiger partial charge in [-0.1, -0.05) is 0 Å². The zero-order valence-corrected chi connectivity index (χ0v) is 9.79. The van der Waals surface area contributed by atoms with Crippen molar-refractivity contribution in [3.63, 3.8) is 0 Å². The van der Waals surface area contributed by atoms with Gasteiger partial charge in [-0.15, -0.1) is 0 Å². The molecule has 6 N–H and O–H groups in total. The number of rotatable bonds is 2. The molecule has 2 saturated heterocycles. The molecule has 4 amide bonds. The lowest BCUT2D eigenvalue weighted by Gasteiger charge is -2.25. The van der Waals surface area contributed by atoms with Crippen LogP contribution in [0.3, 0.4) is 0 Å². The number of ether oxygens (including phenoxy) is 1. The number of aliphatic hydroxyl groups excluding tert-OH is 4. The molecule has 2 aliphatic rings. The number of amides is 4. The molecule has 0 unspecified atom stereocenters. The van der Waals surface area contributed by atoms with Crippen LogP contribution >= 0.6 is 0 Å². The smallest absolute Gasteiger partial charge is 0.334 e. The minimum Gasteiger partial charge on any atom is -0.394 e. The highest BCUT2D eigenvalue weighted by Crippen LogP contribution is 2.30. The Balaban J connectivity index is 2.17. The second-order valence-electron chi connectivity index (χ2n) is 4.34. The average Bonchev–Trinajstić information content (AvgIpc) is 2.79. The van der Waals surface area contributed by atoms with Crippen molar-refractivity contribution >= 4 is 12.1 Å². The highest BCUT2D eigenvalue weighted by atomic mass is 16.6. The molecule has 0 spiro atoms. The molecule has 2 fully saturated rings. The SMILES string of the molecule is NC(=O)N1C(=O)N([C@H]2C[C@H](O)[C@@H](CO)O2)[C@H](O)[C@H]1O. The number of imide groups is 1. The first-order valence-electron chi connectivity index (χ1n) is 5.60. The third kappa shape index (κ3) is 2.13. The van der Waals surface area contributed by atoms with E-state index in [1.807, 2.05) is 0 Å². The van der Waals surface area contributed by atoms with Gasteiger partial charge < -0.3 is 30.9 Å². The van der Waals surface area contributed by atoms with Crippen molar-refractivity contribution in [3.05, 3.63) is 0 Å². The first-order chi connectivity index (χ1) is 8.88. The molecule has 10 nitrogen and oxygen atoms in total. The molecule has 2 rings (SSSR count). The van der Waals surface area contributed by atoms with E-state index < -0.39 is 49.6 Å². The molecule has 2 aliphatic heterocycles. The normalized spacial score (nSPS) is 39.2. The fourth-order valence-corrected chi connectivity index (χ4v) is 2.20. The Morgan fingerprint density at radius 2 is 2.00 bits per heavy atom. The van der Waals surface area contributed by atoms with Crippen LogP contribution in [0.5, 0.6) is 0 Å². The number of aliphatic hydroxyl groups is 4. The number of hydrogen-bond acceptors (Lipinski definition) is 7. The second-order valence-corrected chi connectivity index (χ2v) is 4.34. The number of nitrogens with two attached hydrogens (primary N) is 1. The van der Waals surface area contributed by atoms with Crippen molar-refractivity contribution < 1.29 is 34.8 Å². The van der Waals surface area contributed by atoms with E-state index >= 15 is 0 Å². The van der Waals surface area contributed by atoms with Crippen molar-refractivity contribution in [2.45, 2.75) is 37.3 Å². The highest BCUT2D eigenvalue weighted by Gasteiger charge is 2.52. The Morgan fingerprint density at radius 1 is 1.37 bits per heavy atom. The molecular weight excluding hydrogens is 262 g/mol. The van der Waals surface area contributed by atoms with Crippen LogP contribution in [-0.2, 0) is 4.74 Å². The van der Waals surface area contributed by atoms with Crippen LogP contribution in [0.25, 0.3) is 0 Å². The van der Waals surface area contributed by atoms with Gasteiger partial charge in [0.15, 0.2) is 12.5 Å². The quantitative estimate of drug-likeness (QED) is 0.358. The van der Waals surface area contributed by atoms with Crippen molar-refractivity contribution in [1.82, 2.24) is 9.80 Å². The Bertz CT molecular complexity index is 392. The zero-order valence-electron chi connectivity index (χ0n) is 9.79. The summed E-state index contributed by atoms with van der Waals surface area (Å²) in [5, 5.41) is 37.8. The largest absolute Gasteiger partial charge is 0.394 e. The number of hydrogen-bond donors (Lipinski definition) is 5. The standard InChI is InChI=1S/C9H15N3O7/c10-8(17)12-7(16)6(15)11(9(12)18)5-1-3(14)4(2-13)19-5/h3-7,13-16H,1-2H2,(H2,10,17)/t3-,4+,5+,6+,7+/m0/s1. The molecule has 0 aromatic heterocycles. The van der Waals surface area contributed by atoms with Gasteiger partial charge in [0.05, 0.1) is 12.7 Å². The summed E-state index contributed by atoms with van der Waals surface area (Å²) in [6.45, 7) is -0.460. The summed E-state index contributed by atoms with van der Waals surface area (Å²) in [4.78, 5) is 23.9. The van der Waals surface area contributed by atoms with Gasteiger partial charge in [0, 0.05) is 6.42 Å². The third-order valence-corrected chi connectivity index (χ3v) is 3.17. The molecule has 0 aromatic rings. The third-order valence-electron chi connectivity index (χ3n) is 3.17. The van der Waals surface area contributed by atoms with E-state index in [-0.39, 0.29) is 11.3 Å². The van der Waals surface area contributed by atoms with Gasteiger partial charge in [-0.25, -0.2) is 14.5 Å². The minimum atomic E-state index is -1.81. The lowest BCUT2D eigenvalue weighted by Crippen LogP contribution is -2.45. The van der Waals surface area contributed by atoms with Crippen LogP contribution < -0.4 is 5.73 Å². The molecule has 0 bridgehead atoms. The zero-order chi connectivity index (χ0) is 14.3. The van der Waals surface area contributed by atoms with Gasteiger partial charge >= 0.3 is 12.1 Å². The van der Waals surface area contributed by atoms with Gasteiger partial charge in [0.25, 0.3) is 0 Å². The molecule has 19 heavy (non-hydrogen) atoms. The van der Waals surface area contributed by atoms with Crippen molar-refractivity contribution in [3.8, 4) is 0 Å². The van der Waals surface area contributed by atoms with Crippen LogP contribution in [0.2, 0.25) is 0 Å². The molecule has 108 valence electrons. The molecule has 5 atom stereocenters. The van der Waals surface area contributed by atoms with Crippen LogP contribution in [0.1, 0.15) is 6.42 Å². The lowest BCUT2D eigenvalue weighted by molar-refractivity contribution is -0.126. The maximum atomic E-state index is 11.9. The van der Waals surface area contributed by atoms with Crippen molar-refractivity contribution in [2.75, 3.05) is 6.61 Å². The van der Waals surface area contributed by atoms with Gasteiger partial charge in [-0.2, -0.15) is 0 Å². The topological polar surface area (TPSA) is 157 Å². The summed E-state index contributed by atoms with van der Waals surface area (Å²) >= 11 is 0. The van der Waals surface area contributed by atoms with E-state index in [4.69, 9.17) is 15.6 Å². The summed E-state index contributed by atoms with van der Waals surface area (Å²) in [5.74, 6) is 0. The average molecular weight is 277 g/mol. The van der Waals surface area contributed by atoms with Crippen LogP contribution in [-0.4, -0.2) is 79.8 Å². The summed E-state index contributed by atoms with van der Waals surface area (Å²) < 4.78 is 5.18. The first-order valence-corrected chi connectivity index (χ1v) is 5.60. The Labute approximate surface area is 107 Å². The van der Waals surface area contributed by atoms with Gasteiger partial charge in [-0.05, 0) is 0 Å². The van der Waals surface area contributed by atoms with Gasteiger partial charge in [0.2, 0.25) is 0 Å². The second kappa shape index (κ2) is 4.90. The predicted octanol–water partition coefficient (Wildman–Crippen LogP) is -3.09.